The zero-order valence-corrected chi connectivity index (χ0v) is 10.6. The lowest BCUT2D eigenvalue weighted by molar-refractivity contribution is 0.544. The maximum Gasteiger partial charge on any atom is 0.127 e. The second-order valence-electron chi connectivity index (χ2n) is 4.30. The quantitative estimate of drug-likeness (QED) is 0.913. The van der Waals surface area contributed by atoms with Crippen LogP contribution in [-0.4, -0.2) is 4.98 Å². The largest absolute Gasteiger partial charge is 0.306 e. The molecule has 2 aromatic rings. The molecule has 0 radical (unpaired) electrons. The Bertz CT molecular complexity index is 590. The van der Waals surface area contributed by atoms with Crippen molar-refractivity contribution < 1.29 is 4.39 Å². The third-order valence-corrected chi connectivity index (χ3v) is 2.98. The third-order valence-electron chi connectivity index (χ3n) is 2.98. The Hall–Kier alpha value is -2.25. The summed E-state index contributed by atoms with van der Waals surface area (Å²) in [6.45, 7) is 2.38. The highest BCUT2D eigenvalue weighted by molar-refractivity contribution is 5.33. The van der Waals surface area contributed by atoms with Crippen molar-refractivity contribution in [2.75, 3.05) is 0 Å². The van der Waals surface area contributed by atoms with Crippen LogP contribution in [0.5, 0.6) is 0 Å². The molecule has 0 aliphatic rings. The van der Waals surface area contributed by atoms with Crippen molar-refractivity contribution in [1.29, 1.82) is 5.26 Å². The molecular formula is C15H14FN3. The summed E-state index contributed by atoms with van der Waals surface area (Å²) in [6, 6.07) is 10.3. The number of hydrogen-bond acceptors (Lipinski definition) is 3. The molecule has 96 valence electrons. The predicted molar refractivity (Wildman–Crippen MR) is 70.6 cm³/mol. The first-order valence-electron chi connectivity index (χ1n) is 6.02. The number of nitriles is 1. The van der Waals surface area contributed by atoms with Gasteiger partial charge >= 0.3 is 0 Å². The number of halogens is 1. The van der Waals surface area contributed by atoms with Crippen molar-refractivity contribution in [2.24, 2.45) is 0 Å². The Morgan fingerprint density at radius 2 is 2.05 bits per heavy atom. The van der Waals surface area contributed by atoms with E-state index in [0.29, 0.717) is 17.7 Å². The maximum absolute atomic E-state index is 13.6. The summed E-state index contributed by atoms with van der Waals surface area (Å²) in [4.78, 5) is 3.96. The fourth-order valence-electron chi connectivity index (χ4n) is 1.81. The summed E-state index contributed by atoms with van der Waals surface area (Å²) < 4.78 is 13.6. The average molecular weight is 255 g/mol. The van der Waals surface area contributed by atoms with Gasteiger partial charge < -0.3 is 5.32 Å². The predicted octanol–water partition coefficient (Wildman–Crippen LogP) is 2.94. The molecule has 0 bridgehead atoms. The van der Waals surface area contributed by atoms with E-state index in [2.05, 4.69) is 10.3 Å². The van der Waals surface area contributed by atoms with Crippen LogP contribution in [0, 0.1) is 17.1 Å². The van der Waals surface area contributed by atoms with Crippen LogP contribution in [0.3, 0.4) is 0 Å². The van der Waals surface area contributed by atoms with Crippen molar-refractivity contribution >= 4 is 0 Å². The molecule has 0 amide bonds. The number of nitrogens with zero attached hydrogens (tertiary/aromatic N) is 2. The molecule has 0 saturated heterocycles. The van der Waals surface area contributed by atoms with Gasteiger partial charge in [0.2, 0.25) is 0 Å². The van der Waals surface area contributed by atoms with E-state index < -0.39 is 0 Å². The van der Waals surface area contributed by atoms with Crippen LogP contribution in [0.25, 0.3) is 0 Å². The van der Waals surface area contributed by atoms with Gasteiger partial charge in [0.15, 0.2) is 0 Å². The summed E-state index contributed by atoms with van der Waals surface area (Å²) in [5.74, 6) is -0.298. The highest BCUT2D eigenvalue weighted by Gasteiger charge is 2.07. The zero-order valence-electron chi connectivity index (χ0n) is 10.6. The second-order valence-corrected chi connectivity index (χ2v) is 4.30. The molecule has 3 nitrogen and oxygen atoms in total. The lowest BCUT2D eigenvalue weighted by Crippen LogP contribution is -2.18. The van der Waals surface area contributed by atoms with Crippen molar-refractivity contribution in [3.05, 3.63) is 65.2 Å². The molecular weight excluding hydrogens is 241 g/mol. The van der Waals surface area contributed by atoms with E-state index >= 15 is 0 Å². The second kappa shape index (κ2) is 6.07. The number of nitrogens with one attached hydrogen (secondary N) is 1. The Labute approximate surface area is 111 Å². The molecule has 1 N–H and O–H groups in total. The molecule has 0 fully saturated rings. The maximum atomic E-state index is 13.6. The number of aromatic nitrogens is 1. The van der Waals surface area contributed by atoms with Gasteiger partial charge in [0.25, 0.3) is 0 Å². The average Bonchev–Trinajstić information content (AvgIpc) is 2.47. The third kappa shape index (κ3) is 3.36. The van der Waals surface area contributed by atoms with Crippen LogP contribution in [0.1, 0.15) is 29.7 Å². The molecule has 0 aliphatic heterocycles. The molecule has 1 heterocycles. The van der Waals surface area contributed by atoms with Crippen molar-refractivity contribution in [2.45, 2.75) is 19.5 Å². The van der Waals surface area contributed by atoms with Crippen LogP contribution in [0.4, 0.5) is 4.39 Å². The Kier molecular flexibility index (Phi) is 4.22. The molecule has 1 aromatic carbocycles. The number of rotatable bonds is 4. The smallest absolute Gasteiger partial charge is 0.127 e. The fourth-order valence-corrected chi connectivity index (χ4v) is 1.81. The monoisotopic (exact) mass is 255 g/mol. The molecule has 0 aliphatic carbocycles. The van der Waals surface area contributed by atoms with E-state index in [1.165, 1.54) is 12.1 Å². The molecule has 4 heteroatoms. The van der Waals surface area contributed by atoms with Crippen LogP contribution in [0.2, 0.25) is 0 Å². The molecule has 0 spiro atoms. The van der Waals surface area contributed by atoms with Crippen molar-refractivity contribution in [3.8, 4) is 6.07 Å². The van der Waals surface area contributed by atoms with Gasteiger partial charge in [0.1, 0.15) is 5.82 Å². The molecule has 19 heavy (non-hydrogen) atoms. The first-order valence-corrected chi connectivity index (χ1v) is 6.02. The fraction of sp³-hybridized carbons (Fsp3) is 0.200. The highest BCUT2D eigenvalue weighted by atomic mass is 19.1. The summed E-state index contributed by atoms with van der Waals surface area (Å²) in [5, 5.41) is 12.0. The van der Waals surface area contributed by atoms with E-state index in [1.807, 2.05) is 25.1 Å². The minimum atomic E-state index is -0.298. The van der Waals surface area contributed by atoms with E-state index in [0.717, 1.165) is 5.56 Å². The van der Waals surface area contributed by atoms with E-state index in [4.69, 9.17) is 5.26 Å². The van der Waals surface area contributed by atoms with Gasteiger partial charge in [-0.2, -0.15) is 5.26 Å². The first-order chi connectivity index (χ1) is 9.20. The molecule has 1 atom stereocenters. The summed E-state index contributed by atoms with van der Waals surface area (Å²) in [7, 11) is 0. The Morgan fingerprint density at radius 3 is 2.74 bits per heavy atom. The molecule has 0 unspecified atom stereocenters. The topological polar surface area (TPSA) is 48.7 Å². The van der Waals surface area contributed by atoms with E-state index in [9.17, 15) is 4.39 Å². The summed E-state index contributed by atoms with van der Waals surface area (Å²) >= 11 is 0. The lowest BCUT2D eigenvalue weighted by atomic mass is 10.1. The number of benzene rings is 1. The number of hydrogen-bond donors (Lipinski definition) is 1. The van der Waals surface area contributed by atoms with Gasteiger partial charge in [0, 0.05) is 30.5 Å². The van der Waals surface area contributed by atoms with Gasteiger partial charge in [-0.05, 0) is 42.8 Å². The normalized spacial score (nSPS) is 11.8. The Balaban J connectivity index is 2.05. The Morgan fingerprint density at radius 1 is 1.32 bits per heavy atom. The van der Waals surface area contributed by atoms with Gasteiger partial charge in [-0.15, -0.1) is 0 Å². The van der Waals surface area contributed by atoms with Crippen LogP contribution >= 0.6 is 0 Å². The highest BCUT2D eigenvalue weighted by Crippen LogP contribution is 2.14. The lowest BCUT2D eigenvalue weighted by Gasteiger charge is -2.14. The van der Waals surface area contributed by atoms with Gasteiger partial charge in [0.05, 0.1) is 11.6 Å². The van der Waals surface area contributed by atoms with E-state index in [1.54, 1.807) is 18.5 Å². The van der Waals surface area contributed by atoms with Gasteiger partial charge in [-0.25, -0.2) is 4.39 Å². The minimum absolute atomic E-state index is 0.0909. The van der Waals surface area contributed by atoms with Gasteiger partial charge in [-0.1, -0.05) is 0 Å². The molecule has 1 aromatic heterocycles. The molecule has 0 saturated carbocycles. The van der Waals surface area contributed by atoms with Crippen molar-refractivity contribution in [1.82, 2.24) is 10.3 Å². The van der Waals surface area contributed by atoms with Crippen LogP contribution < -0.4 is 5.32 Å². The van der Waals surface area contributed by atoms with Gasteiger partial charge in [-0.3, -0.25) is 4.98 Å². The SMILES string of the molecule is C[C@H](NCc1cc(C#N)ccc1F)c1ccncc1. The minimum Gasteiger partial charge on any atom is -0.306 e. The first kappa shape index (κ1) is 13.2. The van der Waals surface area contributed by atoms with Crippen LogP contribution in [-0.2, 0) is 6.54 Å². The van der Waals surface area contributed by atoms with E-state index in [-0.39, 0.29) is 11.9 Å². The zero-order chi connectivity index (χ0) is 13.7. The summed E-state index contributed by atoms with van der Waals surface area (Å²) in [6.07, 6.45) is 3.45. The number of pyridine rings is 1. The summed E-state index contributed by atoms with van der Waals surface area (Å²) in [5.41, 5.74) is 2.06. The van der Waals surface area contributed by atoms with Crippen LogP contribution in [0.15, 0.2) is 42.7 Å². The molecule has 2 rings (SSSR count). The van der Waals surface area contributed by atoms with Crippen molar-refractivity contribution in [3.63, 3.8) is 0 Å². The standard InChI is InChI=1S/C15H14FN3/c1-11(13-4-6-18-7-5-13)19-10-14-8-12(9-17)2-3-15(14)16/h2-8,11,19H,10H2,1H3/t11-/m0/s1.